The van der Waals surface area contributed by atoms with Gasteiger partial charge in [0.1, 0.15) is 11.6 Å². The highest BCUT2D eigenvalue weighted by Gasteiger charge is 2.10. The molecular weight excluding hydrogens is 340 g/mol. The van der Waals surface area contributed by atoms with Crippen molar-refractivity contribution in [2.75, 3.05) is 6.61 Å². The van der Waals surface area contributed by atoms with Crippen LogP contribution in [0.15, 0.2) is 48.5 Å². The Morgan fingerprint density at radius 3 is 1.73 bits per heavy atom. The van der Waals surface area contributed by atoms with E-state index >= 15 is 0 Å². The Labute approximate surface area is 148 Å². The minimum Gasteiger partial charge on any atom is -0.482 e. The van der Waals surface area contributed by atoms with Crippen molar-refractivity contribution in [2.24, 2.45) is 5.73 Å². The van der Waals surface area contributed by atoms with Crippen molar-refractivity contribution in [1.29, 1.82) is 5.41 Å². The number of rotatable bonds is 6. The summed E-state index contributed by atoms with van der Waals surface area (Å²) in [7, 11) is 0. The second-order valence-electron chi connectivity index (χ2n) is 5.11. The van der Waals surface area contributed by atoms with Gasteiger partial charge in [-0.05, 0) is 36.4 Å². The van der Waals surface area contributed by atoms with Crippen LogP contribution in [0.3, 0.4) is 0 Å². The summed E-state index contributed by atoms with van der Waals surface area (Å²) in [5.74, 6) is -2.00. The van der Waals surface area contributed by atoms with E-state index in [1.54, 1.807) is 0 Å². The van der Waals surface area contributed by atoms with Gasteiger partial charge < -0.3 is 15.6 Å². The van der Waals surface area contributed by atoms with Crippen molar-refractivity contribution in [1.82, 2.24) is 10.9 Å². The zero-order valence-corrected chi connectivity index (χ0v) is 13.5. The third kappa shape index (κ3) is 5.06. The lowest BCUT2D eigenvalue weighted by molar-refractivity contribution is -0.139. The molecular formula is C17H16N4O5. The van der Waals surface area contributed by atoms with E-state index in [2.05, 4.69) is 10.9 Å². The van der Waals surface area contributed by atoms with Gasteiger partial charge in [-0.1, -0.05) is 12.1 Å². The van der Waals surface area contributed by atoms with E-state index in [-0.39, 0.29) is 17.0 Å². The first-order valence-corrected chi connectivity index (χ1v) is 7.36. The molecule has 0 saturated carbocycles. The Morgan fingerprint density at radius 2 is 1.31 bits per heavy atom. The van der Waals surface area contributed by atoms with Gasteiger partial charge in [0.05, 0.1) is 0 Å². The number of carbonyl (C=O) groups is 3. The van der Waals surface area contributed by atoms with E-state index in [1.807, 2.05) is 0 Å². The first-order valence-electron chi connectivity index (χ1n) is 7.36. The molecule has 0 aliphatic heterocycles. The molecule has 0 atom stereocenters. The normalized spacial score (nSPS) is 9.85. The fraction of sp³-hybridized carbons (Fsp3) is 0.0588. The van der Waals surface area contributed by atoms with Crippen LogP contribution >= 0.6 is 0 Å². The number of carboxylic acid groups (broad SMARTS) is 1. The number of aliphatic carboxylic acids is 1. The maximum absolute atomic E-state index is 12.0. The Hall–Kier alpha value is -3.88. The van der Waals surface area contributed by atoms with E-state index in [1.165, 1.54) is 48.5 Å². The second-order valence-corrected chi connectivity index (χ2v) is 5.11. The van der Waals surface area contributed by atoms with Gasteiger partial charge in [0.15, 0.2) is 6.61 Å². The summed E-state index contributed by atoms with van der Waals surface area (Å²) in [6, 6.07) is 11.8. The average molecular weight is 356 g/mol. The van der Waals surface area contributed by atoms with E-state index in [0.717, 1.165) is 0 Å². The molecule has 2 rings (SSSR count). The summed E-state index contributed by atoms with van der Waals surface area (Å²) >= 11 is 0. The first kappa shape index (κ1) is 18.5. The zero-order valence-electron chi connectivity index (χ0n) is 13.5. The molecule has 26 heavy (non-hydrogen) atoms. The van der Waals surface area contributed by atoms with E-state index in [9.17, 15) is 14.4 Å². The Kier molecular flexibility index (Phi) is 5.88. The zero-order chi connectivity index (χ0) is 19.1. The highest BCUT2D eigenvalue weighted by Crippen LogP contribution is 2.12. The van der Waals surface area contributed by atoms with Crippen LogP contribution in [-0.4, -0.2) is 35.3 Å². The number of carboxylic acids is 1. The molecule has 0 aliphatic carbocycles. The molecule has 0 radical (unpaired) electrons. The molecule has 6 N–H and O–H groups in total. The Bertz CT molecular complexity index is 831. The van der Waals surface area contributed by atoms with Gasteiger partial charge in [0.2, 0.25) is 0 Å². The highest BCUT2D eigenvalue weighted by atomic mass is 16.5. The maximum Gasteiger partial charge on any atom is 0.341 e. The minimum atomic E-state index is -1.11. The second kappa shape index (κ2) is 8.29. The van der Waals surface area contributed by atoms with Crippen LogP contribution in [0.5, 0.6) is 5.75 Å². The standard InChI is InChI=1S/C17H16N4O5/c18-15(19)10-1-3-11(4-2-10)16(24)20-21-17(25)12-5-7-13(8-6-12)26-9-14(22)23/h1-8H,9H2,(H3,18,19)(H,20,24)(H,21,25)(H,22,23). The number of benzene rings is 2. The van der Waals surface area contributed by atoms with Crippen molar-refractivity contribution in [3.63, 3.8) is 0 Å². The van der Waals surface area contributed by atoms with Crippen molar-refractivity contribution < 1.29 is 24.2 Å². The van der Waals surface area contributed by atoms with Gasteiger partial charge in [-0.15, -0.1) is 0 Å². The molecule has 9 heteroatoms. The fourth-order valence-electron chi connectivity index (χ4n) is 1.91. The molecule has 0 bridgehead atoms. The van der Waals surface area contributed by atoms with Crippen molar-refractivity contribution in [2.45, 2.75) is 0 Å². The molecule has 2 aromatic rings. The minimum absolute atomic E-state index is 0.110. The van der Waals surface area contributed by atoms with Gasteiger partial charge >= 0.3 is 5.97 Å². The molecule has 0 spiro atoms. The van der Waals surface area contributed by atoms with Crippen LogP contribution in [0, 0.1) is 5.41 Å². The topological polar surface area (TPSA) is 155 Å². The quantitative estimate of drug-likeness (QED) is 0.288. The number of hydrogen-bond donors (Lipinski definition) is 5. The van der Waals surface area contributed by atoms with Crippen LogP contribution in [0.2, 0.25) is 0 Å². The predicted octanol–water partition coefficient (Wildman–Crippen LogP) is 0.509. The molecule has 0 aliphatic rings. The molecule has 0 unspecified atom stereocenters. The lowest BCUT2D eigenvalue weighted by atomic mass is 10.1. The number of nitrogen functional groups attached to an aromatic ring is 1. The maximum atomic E-state index is 12.0. The summed E-state index contributed by atoms with van der Waals surface area (Å²) in [6.45, 7) is -0.482. The molecule has 134 valence electrons. The largest absolute Gasteiger partial charge is 0.482 e. The molecule has 0 fully saturated rings. The number of hydrogen-bond acceptors (Lipinski definition) is 5. The van der Waals surface area contributed by atoms with Gasteiger partial charge in [0, 0.05) is 16.7 Å². The van der Waals surface area contributed by atoms with Gasteiger partial charge in [0.25, 0.3) is 11.8 Å². The van der Waals surface area contributed by atoms with E-state index < -0.39 is 24.4 Å². The van der Waals surface area contributed by atoms with Crippen LogP contribution in [-0.2, 0) is 4.79 Å². The number of ether oxygens (including phenoxy) is 1. The lowest BCUT2D eigenvalue weighted by Gasteiger charge is -2.09. The monoisotopic (exact) mass is 356 g/mol. The molecule has 0 aromatic heterocycles. The third-order valence-corrected chi connectivity index (χ3v) is 3.23. The number of nitrogens with two attached hydrogens (primary N) is 1. The number of amidine groups is 1. The number of carbonyl (C=O) groups excluding carboxylic acids is 2. The number of hydrazine groups is 1. The summed E-state index contributed by atoms with van der Waals surface area (Å²) in [4.78, 5) is 34.4. The van der Waals surface area contributed by atoms with Gasteiger partial charge in [-0.25, -0.2) is 4.79 Å². The Balaban J connectivity index is 1.90. The van der Waals surface area contributed by atoms with Crippen molar-refractivity contribution in [3.8, 4) is 5.75 Å². The molecule has 2 amide bonds. The lowest BCUT2D eigenvalue weighted by Crippen LogP contribution is -2.41. The summed E-state index contributed by atoms with van der Waals surface area (Å²) in [6.07, 6.45) is 0. The number of nitrogens with one attached hydrogen (secondary N) is 3. The first-order chi connectivity index (χ1) is 12.4. The fourth-order valence-corrected chi connectivity index (χ4v) is 1.91. The molecule has 0 heterocycles. The summed E-state index contributed by atoms with van der Waals surface area (Å²) < 4.78 is 4.96. The SMILES string of the molecule is N=C(N)c1ccc(C(=O)NNC(=O)c2ccc(OCC(=O)O)cc2)cc1. The van der Waals surface area contributed by atoms with Crippen LogP contribution < -0.4 is 21.3 Å². The van der Waals surface area contributed by atoms with Crippen LogP contribution in [0.4, 0.5) is 0 Å². The molecule has 2 aromatic carbocycles. The van der Waals surface area contributed by atoms with Gasteiger partial charge in [-0.3, -0.25) is 25.8 Å². The van der Waals surface area contributed by atoms with Crippen molar-refractivity contribution in [3.05, 3.63) is 65.2 Å². The van der Waals surface area contributed by atoms with Gasteiger partial charge in [-0.2, -0.15) is 0 Å². The van der Waals surface area contributed by atoms with Crippen LogP contribution in [0.1, 0.15) is 26.3 Å². The number of amides is 2. The van der Waals surface area contributed by atoms with Crippen molar-refractivity contribution >= 4 is 23.6 Å². The summed E-state index contributed by atoms with van der Waals surface area (Å²) in [5.41, 5.74) is 10.9. The third-order valence-electron chi connectivity index (χ3n) is 3.23. The average Bonchev–Trinajstić information content (AvgIpc) is 2.64. The Morgan fingerprint density at radius 1 is 0.885 bits per heavy atom. The molecule has 0 saturated heterocycles. The summed E-state index contributed by atoms with van der Waals surface area (Å²) in [5, 5.41) is 15.8. The predicted molar refractivity (Wildman–Crippen MR) is 92.0 cm³/mol. The highest BCUT2D eigenvalue weighted by molar-refractivity contribution is 6.00. The van der Waals surface area contributed by atoms with Crippen LogP contribution in [0.25, 0.3) is 0 Å². The van der Waals surface area contributed by atoms with E-state index in [0.29, 0.717) is 11.3 Å². The smallest absolute Gasteiger partial charge is 0.341 e. The molecule has 9 nitrogen and oxygen atoms in total. The van der Waals surface area contributed by atoms with E-state index in [4.69, 9.17) is 21.0 Å².